The van der Waals surface area contributed by atoms with Crippen molar-refractivity contribution in [2.75, 3.05) is 18.5 Å². The summed E-state index contributed by atoms with van der Waals surface area (Å²) in [4.78, 5) is 14.0. The van der Waals surface area contributed by atoms with E-state index in [1.807, 2.05) is 0 Å². The summed E-state index contributed by atoms with van der Waals surface area (Å²) in [6.45, 7) is 2.65. The van der Waals surface area contributed by atoms with Crippen molar-refractivity contribution in [2.45, 2.75) is 19.8 Å². The van der Waals surface area contributed by atoms with E-state index >= 15 is 0 Å². The minimum absolute atomic E-state index is 0.00147. The zero-order valence-electron chi connectivity index (χ0n) is 9.14. The van der Waals surface area contributed by atoms with Crippen LogP contribution in [0.2, 0.25) is 0 Å². The van der Waals surface area contributed by atoms with Crippen molar-refractivity contribution in [3.8, 4) is 0 Å². The Hall–Kier alpha value is -1.69. The standard InChI is InChI=1S/C10H15N3O3/c1-8-6-9(13(15)16)7-12-10(8)11-4-2-3-5-14/h6-7,14H,2-5H2,1H3,(H,11,12). The fraction of sp³-hybridized carbons (Fsp3) is 0.500. The molecule has 0 radical (unpaired) electrons. The molecule has 0 atom stereocenters. The predicted molar refractivity (Wildman–Crippen MR) is 60.4 cm³/mol. The van der Waals surface area contributed by atoms with Gasteiger partial charge in [-0.05, 0) is 25.3 Å². The summed E-state index contributed by atoms with van der Waals surface area (Å²) in [5, 5.41) is 22.1. The van der Waals surface area contributed by atoms with Gasteiger partial charge >= 0.3 is 0 Å². The van der Waals surface area contributed by atoms with Gasteiger partial charge in [0.05, 0.1) is 4.92 Å². The van der Waals surface area contributed by atoms with E-state index in [9.17, 15) is 10.1 Å². The van der Waals surface area contributed by atoms with Gasteiger partial charge < -0.3 is 10.4 Å². The highest BCUT2D eigenvalue weighted by Gasteiger charge is 2.08. The van der Waals surface area contributed by atoms with Gasteiger partial charge in [-0.25, -0.2) is 4.98 Å². The molecule has 0 fully saturated rings. The second-order valence-electron chi connectivity index (χ2n) is 3.47. The van der Waals surface area contributed by atoms with Crippen molar-refractivity contribution in [3.05, 3.63) is 27.9 Å². The Morgan fingerprint density at radius 2 is 2.31 bits per heavy atom. The van der Waals surface area contributed by atoms with E-state index < -0.39 is 4.92 Å². The number of nitro groups is 1. The largest absolute Gasteiger partial charge is 0.396 e. The fourth-order valence-corrected chi connectivity index (χ4v) is 1.29. The molecule has 0 aliphatic heterocycles. The predicted octanol–water partition coefficient (Wildman–Crippen LogP) is 1.48. The van der Waals surface area contributed by atoms with Gasteiger partial charge in [0.25, 0.3) is 5.69 Å². The van der Waals surface area contributed by atoms with Crippen LogP contribution in [0.4, 0.5) is 11.5 Å². The van der Waals surface area contributed by atoms with Gasteiger partial charge in [-0.1, -0.05) is 0 Å². The van der Waals surface area contributed by atoms with Crippen molar-refractivity contribution >= 4 is 11.5 Å². The maximum atomic E-state index is 10.5. The zero-order chi connectivity index (χ0) is 12.0. The molecule has 0 saturated carbocycles. The molecule has 0 aliphatic carbocycles. The molecule has 0 amide bonds. The van der Waals surface area contributed by atoms with E-state index in [1.54, 1.807) is 6.92 Å². The number of aromatic nitrogens is 1. The van der Waals surface area contributed by atoms with Crippen LogP contribution in [0.5, 0.6) is 0 Å². The van der Waals surface area contributed by atoms with Crippen LogP contribution in [0.1, 0.15) is 18.4 Å². The van der Waals surface area contributed by atoms with Crippen molar-refractivity contribution < 1.29 is 10.0 Å². The Morgan fingerprint density at radius 1 is 1.56 bits per heavy atom. The minimum Gasteiger partial charge on any atom is -0.396 e. The first kappa shape index (κ1) is 12.4. The Kier molecular flexibility index (Phi) is 4.65. The average molecular weight is 225 g/mol. The van der Waals surface area contributed by atoms with Crippen LogP contribution in [0.3, 0.4) is 0 Å². The fourth-order valence-electron chi connectivity index (χ4n) is 1.29. The first-order valence-electron chi connectivity index (χ1n) is 5.11. The summed E-state index contributed by atoms with van der Waals surface area (Å²) in [6, 6.07) is 1.49. The Labute approximate surface area is 93.5 Å². The van der Waals surface area contributed by atoms with E-state index in [2.05, 4.69) is 10.3 Å². The van der Waals surface area contributed by atoms with Crippen molar-refractivity contribution in [2.24, 2.45) is 0 Å². The highest BCUT2D eigenvalue weighted by molar-refractivity contribution is 5.48. The molecule has 6 heteroatoms. The molecule has 2 N–H and O–H groups in total. The summed E-state index contributed by atoms with van der Waals surface area (Å²) in [6.07, 6.45) is 2.81. The van der Waals surface area contributed by atoms with Gasteiger partial charge in [-0.3, -0.25) is 10.1 Å². The third-order valence-corrected chi connectivity index (χ3v) is 2.15. The monoisotopic (exact) mass is 225 g/mol. The lowest BCUT2D eigenvalue weighted by Crippen LogP contribution is -2.06. The number of hydrogen-bond acceptors (Lipinski definition) is 5. The molecule has 0 unspecified atom stereocenters. The normalized spacial score (nSPS) is 10.1. The van der Waals surface area contributed by atoms with E-state index in [0.29, 0.717) is 12.4 Å². The lowest BCUT2D eigenvalue weighted by molar-refractivity contribution is -0.385. The van der Waals surface area contributed by atoms with Gasteiger partial charge in [0.15, 0.2) is 0 Å². The Morgan fingerprint density at radius 3 is 2.88 bits per heavy atom. The van der Waals surface area contributed by atoms with Gasteiger partial charge in [0, 0.05) is 19.2 Å². The second kappa shape index (κ2) is 6.02. The summed E-state index contributed by atoms with van der Waals surface area (Å²) in [5.41, 5.74) is 0.747. The third kappa shape index (κ3) is 3.47. The van der Waals surface area contributed by atoms with E-state index in [4.69, 9.17) is 5.11 Å². The second-order valence-corrected chi connectivity index (χ2v) is 3.47. The highest BCUT2D eigenvalue weighted by atomic mass is 16.6. The highest BCUT2D eigenvalue weighted by Crippen LogP contribution is 2.17. The maximum Gasteiger partial charge on any atom is 0.287 e. The molecule has 0 aromatic carbocycles. The lowest BCUT2D eigenvalue weighted by atomic mass is 10.2. The molecule has 0 bridgehead atoms. The molecule has 1 rings (SSSR count). The van der Waals surface area contributed by atoms with Gasteiger partial charge in [0.1, 0.15) is 12.0 Å². The molecule has 0 aliphatic rings. The molecule has 6 nitrogen and oxygen atoms in total. The van der Waals surface area contributed by atoms with E-state index in [-0.39, 0.29) is 12.3 Å². The molecule has 1 aromatic heterocycles. The Bertz CT molecular complexity index is 368. The smallest absolute Gasteiger partial charge is 0.287 e. The number of aliphatic hydroxyl groups excluding tert-OH is 1. The first-order valence-corrected chi connectivity index (χ1v) is 5.11. The summed E-state index contributed by atoms with van der Waals surface area (Å²) in [7, 11) is 0. The van der Waals surface area contributed by atoms with Crippen molar-refractivity contribution in [1.29, 1.82) is 0 Å². The van der Waals surface area contributed by atoms with Gasteiger partial charge in [0.2, 0.25) is 0 Å². The maximum absolute atomic E-state index is 10.5. The topological polar surface area (TPSA) is 88.3 Å². The molecular weight excluding hydrogens is 210 g/mol. The molecule has 1 aromatic rings. The van der Waals surface area contributed by atoms with Crippen LogP contribution in [0.15, 0.2) is 12.3 Å². The van der Waals surface area contributed by atoms with Crippen LogP contribution in [-0.2, 0) is 0 Å². The molecule has 0 saturated heterocycles. The van der Waals surface area contributed by atoms with E-state index in [0.717, 1.165) is 18.4 Å². The third-order valence-electron chi connectivity index (χ3n) is 2.15. The number of unbranched alkanes of at least 4 members (excludes halogenated alkanes) is 1. The number of anilines is 1. The average Bonchev–Trinajstić information content (AvgIpc) is 2.26. The zero-order valence-corrected chi connectivity index (χ0v) is 9.14. The molecule has 88 valence electrons. The van der Waals surface area contributed by atoms with Crippen molar-refractivity contribution in [3.63, 3.8) is 0 Å². The molecule has 0 spiro atoms. The first-order chi connectivity index (χ1) is 7.65. The summed E-state index contributed by atoms with van der Waals surface area (Å²) >= 11 is 0. The number of aliphatic hydroxyl groups is 1. The van der Waals surface area contributed by atoms with Crippen LogP contribution >= 0.6 is 0 Å². The number of nitrogens with one attached hydrogen (secondary N) is 1. The summed E-state index contributed by atoms with van der Waals surface area (Å²) in [5.74, 6) is 0.656. The van der Waals surface area contributed by atoms with Crippen LogP contribution in [0.25, 0.3) is 0 Å². The van der Waals surface area contributed by atoms with Crippen molar-refractivity contribution in [1.82, 2.24) is 4.98 Å². The Balaban J connectivity index is 2.57. The molecule has 1 heterocycles. The SMILES string of the molecule is Cc1cc([N+](=O)[O-])cnc1NCCCCO. The van der Waals surface area contributed by atoms with Gasteiger partial charge in [-0.2, -0.15) is 0 Å². The number of hydrogen-bond donors (Lipinski definition) is 2. The lowest BCUT2D eigenvalue weighted by Gasteiger charge is -2.07. The molecular formula is C10H15N3O3. The summed E-state index contributed by atoms with van der Waals surface area (Å²) < 4.78 is 0. The van der Waals surface area contributed by atoms with Crippen LogP contribution in [-0.4, -0.2) is 28.2 Å². The van der Waals surface area contributed by atoms with Crippen LogP contribution < -0.4 is 5.32 Å². The number of nitrogens with zero attached hydrogens (tertiary/aromatic N) is 2. The number of aryl methyl sites for hydroxylation is 1. The minimum atomic E-state index is -0.463. The van der Waals surface area contributed by atoms with E-state index in [1.165, 1.54) is 12.3 Å². The quantitative estimate of drug-likeness (QED) is 0.435. The molecule has 16 heavy (non-hydrogen) atoms. The van der Waals surface area contributed by atoms with Gasteiger partial charge in [-0.15, -0.1) is 0 Å². The number of pyridine rings is 1. The van der Waals surface area contributed by atoms with Crippen LogP contribution in [0, 0.1) is 17.0 Å². The number of rotatable bonds is 6.